The third-order valence-electron chi connectivity index (χ3n) is 4.01. The summed E-state index contributed by atoms with van der Waals surface area (Å²) in [5.74, 6) is -0.885. The minimum Gasteiger partial charge on any atom is -0.479 e. The first-order valence-corrected chi connectivity index (χ1v) is 8.15. The molecule has 1 aromatic rings. The number of amides is 2. The van der Waals surface area contributed by atoms with E-state index in [-0.39, 0.29) is 6.03 Å². The van der Waals surface area contributed by atoms with Crippen LogP contribution in [0.1, 0.15) is 42.4 Å². The van der Waals surface area contributed by atoms with Gasteiger partial charge in [-0.15, -0.1) is 11.3 Å². The average Bonchev–Trinajstić information content (AvgIpc) is 3.04. The fourth-order valence-electron chi connectivity index (χ4n) is 3.02. The number of carbonyl (C=O) groups is 2. The van der Waals surface area contributed by atoms with Gasteiger partial charge < -0.3 is 15.3 Å². The highest BCUT2D eigenvalue weighted by molar-refractivity contribution is 7.11. The molecule has 6 heteroatoms. The highest BCUT2D eigenvalue weighted by atomic mass is 32.1. The topological polar surface area (TPSA) is 69.6 Å². The fourth-order valence-corrected chi connectivity index (χ4v) is 3.85. The maximum Gasteiger partial charge on any atom is 0.329 e. The van der Waals surface area contributed by atoms with Crippen molar-refractivity contribution >= 4 is 23.3 Å². The zero-order valence-electron chi connectivity index (χ0n) is 12.5. The smallest absolute Gasteiger partial charge is 0.329 e. The van der Waals surface area contributed by atoms with Gasteiger partial charge in [-0.05, 0) is 38.3 Å². The van der Waals surface area contributed by atoms with Crippen LogP contribution in [0, 0.1) is 6.92 Å². The molecule has 1 aliphatic rings. The summed E-state index contributed by atoms with van der Waals surface area (Å²) >= 11 is 1.64. The Morgan fingerprint density at radius 1 is 1.48 bits per heavy atom. The second-order valence-electron chi connectivity index (χ2n) is 5.51. The summed E-state index contributed by atoms with van der Waals surface area (Å²) in [6.07, 6.45) is 2.55. The van der Waals surface area contributed by atoms with Gasteiger partial charge in [0.2, 0.25) is 0 Å². The van der Waals surface area contributed by atoms with E-state index in [0.717, 1.165) is 17.7 Å². The van der Waals surface area contributed by atoms with Crippen LogP contribution >= 0.6 is 11.3 Å². The Hall–Kier alpha value is -1.56. The number of carboxylic acid groups (broad SMARTS) is 1. The fraction of sp³-hybridized carbons (Fsp3) is 0.600. The molecule has 0 aliphatic carbocycles. The van der Waals surface area contributed by atoms with Crippen molar-refractivity contribution in [2.45, 2.75) is 51.6 Å². The van der Waals surface area contributed by atoms with Gasteiger partial charge in [-0.25, -0.2) is 9.59 Å². The van der Waals surface area contributed by atoms with Crippen LogP contribution in [0.5, 0.6) is 0 Å². The summed E-state index contributed by atoms with van der Waals surface area (Å²) in [5.41, 5.74) is -1.02. The van der Waals surface area contributed by atoms with Crippen molar-refractivity contribution in [3.8, 4) is 0 Å². The van der Waals surface area contributed by atoms with Crippen LogP contribution < -0.4 is 5.32 Å². The van der Waals surface area contributed by atoms with Crippen LogP contribution in [0.15, 0.2) is 12.1 Å². The summed E-state index contributed by atoms with van der Waals surface area (Å²) in [4.78, 5) is 27.9. The van der Waals surface area contributed by atoms with Crippen molar-refractivity contribution < 1.29 is 14.7 Å². The summed E-state index contributed by atoms with van der Waals surface area (Å²) < 4.78 is 0. The molecule has 1 aliphatic heterocycles. The average molecular weight is 310 g/mol. The molecule has 0 radical (unpaired) electrons. The van der Waals surface area contributed by atoms with Crippen molar-refractivity contribution in [1.82, 2.24) is 10.2 Å². The van der Waals surface area contributed by atoms with Gasteiger partial charge in [0, 0.05) is 16.3 Å². The lowest BCUT2D eigenvalue weighted by molar-refractivity contribution is -0.148. The molecule has 1 unspecified atom stereocenters. The monoisotopic (exact) mass is 310 g/mol. The van der Waals surface area contributed by atoms with E-state index in [9.17, 15) is 14.7 Å². The van der Waals surface area contributed by atoms with Crippen LogP contribution in [0.2, 0.25) is 0 Å². The number of aryl methyl sites for hydroxylation is 1. The Bertz CT molecular complexity index is 529. The van der Waals surface area contributed by atoms with Gasteiger partial charge >= 0.3 is 12.0 Å². The number of carbonyl (C=O) groups excluding carboxylic acids is 1. The molecule has 1 fully saturated rings. The number of hydrogen-bond acceptors (Lipinski definition) is 3. The van der Waals surface area contributed by atoms with Gasteiger partial charge in [-0.2, -0.15) is 0 Å². The van der Waals surface area contributed by atoms with Crippen molar-refractivity contribution in [2.75, 3.05) is 6.54 Å². The number of rotatable bonds is 5. The first-order chi connectivity index (χ1) is 9.99. The SMILES string of the molecule is CCCC1(C(=O)O)CCCN1C(=O)NCc1ccc(C)s1. The van der Waals surface area contributed by atoms with E-state index in [4.69, 9.17) is 0 Å². The molecule has 21 heavy (non-hydrogen) atoms. The Morgan fingerprint density at radius 3 is 2.81 bits per heavy atom. The van der Waals surface area contributed by atoms with Gasteiger partial charge in [-0.3, -0.25) is 0 Å². The van der Waals surface area contributed by atoms with E-state index in [1.54, 1.807) is 11.3 Å². The molecular formula is C15H22N2O3S. The van der Waals surface area contributed by atoms with Crippen molar-refractivity contribution in [3.05, 3.63) is 21.9 Å². The molecule has 2 N–H and O–H groups in total. The lowest BCUT2D eigenvalue weighted by Crippen LogP contribution is -2.55. The van der Waals surface area contributed by atoms with Gasteiger partial charge in [0.1, 0.15) is 5.54 Å². The quantitative estimate of drug-likeness (QED) is 0.878. The van der Waals surface area contributed by atoms with E-state index in [2.05, 4.69) is 5.32 Å². The zero-order valence-corrected chi connectivity index (χ0v) is 13.3. The largest absolute Gasteiger partial charge is 0.479 e. The predicted octanol–water partition coefficient (Wildman–Crippen LogP) is 2.99. The van der Waals surface area contributed by atoms with E-state index in [1.807, 2.05) is 26.0 Å². The molecule has 2 heterocycles. The van der Waals surface area contributed by atoms with Gasteiger partial charge in [0.25, 0.3) is 0 Å². The van der Waals surface area contributed by atoms with Gasteiger partial charge in [0.05, 0.1) is 6.54 Å². The molecular weight excluding hydrogens is 288 g/mol. The number of likely N-dealkylation sites (tertiary alicyclic amines) is 1. The summed E-state index contributed by atoms with van der Waals surface area (Å²) in [6.45, 7) is 4.94. The Morgan fingerprint density at radius 2 is 2.24 bits per heavy atom. The summed E-state index contributed by atoms with van der Waals surface area (Å²) in [7, 11) is 0. The van der Waals surface area contributed by atoms with Crippen LogP contribution in [-0.2, 0) is 11.3 Å². The minimum absolute atomic E-state index is 0.269. The standard InChI is InChI=1S/C15H22N2O3S/c1-3-7-15(13(18)19)8-4-9-17(15)14(20)16-10-12-6-5-11(2)21-12/h5-6H,3-4,7-10H2,1-2H3,(H,16,20)(H,18,19). The molecule has 0 spiro atoms. The minimum atomic E-state index is -1.02. The first kappa shape index (κ1) is 15.8. The highest BCUT2D eigenvalue weighted by Gasteiger charge is 2.49. The lowest BCUT2D eigenvalue weighted by Gasteiger charge is -2.34. The maximum atomic E-state index is 12.4. The van der Waals surface area contributed by atoms with Gasteiger partial charge in [0.15, 0.2) is 0 Å². The first-order valence-electron chi connectivity index (χ1n) is 7.34. The van der Waals surface area contributed by atoms with Crippen LogP contribution in [0.4, 0.5) is 4.79 Å². The molecule has 0 saturated carbocycles. The normalized spacial score (nSPS) is 21.5. The van der Waals surface area contributed by atoms with Crippen LogP contribution in [0.3, 0.4) is 0 Å². The summed E-state index contributed by atoms with van der Waals surface area (Å²) in [5, 5.41) is 12.4. The maximum absolute atomic E-state index is 12.4. The molecule has 116 valence electrons. The zero-order chi connectivity index (χ0) is 15.5. The third kappa shape index (κ3) is 3.20. The highest BCUT2D eigenvalue weighted by Crippen LogP contribution is 2.34. The number of nitrogens with one attached hydrogen (secondary N) is 1. The Labute approximate surface area is 129 Å². The third-order valence-corrected chi connectivity index (χ3v) is 5.01. The number of carboxylic acids is 1. The van der Waals surface area contributed by atoms with E-state index in [0.29, 0.717) is 25.9 Å². The summed E-state index contributed by atoms with van der Waals surface area (Å²) in [6, 6.07) is 3.73. The molecule has 1 saturated heterocycles. The molecule has 2 rings (SSSR count). The van der Waals surface area contributed by atoms with Crippen molar-refractivity contribution in [1.29, 1.82) is 0 Å². The van der Waals surface area contributed by atoms with E-state index >= 15 is 0 Å². The molecule has 0 aromatic carbocycles. The number of thiophene rings is 1. The van der Waals surface area contributed by atoms with E-state index in [1.165, 1.54) is 9.78 Å². The molecule has 0 bridgehead atoms. The molecule has 1 atom stereocenters. The van der Waals surface area contributed by atoms with E-state index < -0.39 is 11.5 Å². The van der Waals surface area contributed by atoms with Crippen LogP contribution in [-0.4, -0.2) is 34.1 Å². The second kappa shape index (κ2) is 6.47. The van der Waals surface area contributed by atoms with Crippen molar-refractivity contribution in [3.63, 3.8) is 0 Å². The predicted molar refractivity (Wildman–Crippen MR) is 82.5 cm³/mol. The second-order valence-corrected chi connectivity index (χ2v) is 6.89. The van der Waals surface area contributed by atoms with Crippen molar-refractivity contribution in [2.24, 2.45) is 0 Å². The molecule has 1 aromatic heterocycles. The number of hydrogen-bond donors (Lipinski definition) is 2. The van der Waals surface area contributed by atoms with Gasteiger partial charge in [-0.1, -0.05) is 13.3 Å². The Kier molecular flexibility index (Phi) is 4.88. The number of nitrogens with zero attached hydrogens (tertiary/aromatic N) is 1. The molecule has 5 nitrogen and oxygen atoms in total. The lowest BCUT2D eigenvalue weighted by atomic mass is 9.91. The number of aliphatic carboxylic acids is 1. The molecule has 2 amide bonds. The van der Waals surface area contributed by atoms with Crippen LogP contribution in [0.25, 0.3) is 0 Å². The Balaban J connectivity index is 2.04. The number of urea groups is 1.